The molecule has 0 N–H and O–H groups in total. The number of allylic oxidation sites excluding steroid dienone is 1. The van der Waals surface area contributed by atoms with Gasteiger partial charge in [0.2, 0.25) is 0 Å². The van der Waals surface area contributed by atoms with Crippen molar-refractivity contribution in [3.8, 4) is 0 Å². The van der Waals surface area contributed by atoms with E-state index in [2.05, 4.69) is 56.8 Å². The van der Waals surface area contributed by atoms with Gasteiger partial charge < -0.3 is 0 Å². The fourth-order valence-corrected chi connectivity index (χ4v) is 12.2. The van der Waals surface area contributed by atoms with E-state index in [-0.39, 0.29) is 0 Å². The Kier molecular flexibility index (Phi) is 26.7. The van der Waals surface area contributed by atoms with Crippen LogP contribution in [0.2, 0.25) is 0 Å². The summed E-state index contributed by atoms with van der Waals surface area (Å²) in [6.45, 7) is 8.52. The van der Waals surface area contributed by atoms with Crippen molar-refractivity contribution in [2.24, 2.45) is 0 Å². The summed E-state index contributed by atoms with van der Waals surface area (Å²) in [6.07, 6.45) is 44.3. The molecule has 1 aromatic rings. The Bertz CT molecular complexity index is 615. The van der Waals surface area contributed by atoms with E-state index < -0.39 is 7.26 Å². The van der Waals surface area contributed by atoms with Crippen molar-refractivity contribution in [1.82, 2.24) is 0 Å². The number of benzene rings is 1. The molecule has 0 radical (unpaired) electrons. The number of rotatable bonds is 31. The van der Waals surface area contributed by atoms with E-state index in [1.165, 1.54) is 167 Å². The topological polar surface area (TPSA) is 0 Å². The van der Waals surface area contributed by atoms with Crippen LogP contribution in [0.25, 0.3) is 0 Å². The van der Waals surface area contributed by atoms with Crippen molar-refractivity contribution in [2.75, 3.05) is 18.5 Å². The Morgan fingerprint density at radius 1 is 0.475 bits per heavy atom. The monoisotopic (exact) mass is 573 g/mol. The third-order valence-electron chi connectivity index (χ3n) is 9.41. The molecule has 0 saturated carbocycles. The molecule has 1 heteroatoms. The number of hydrogen-bond donors (Lipinski definition) is 0. The molecule has 0 aliphatic heterocycles. The van der Waals surface area contributed by atoms with Crippen LogP contribution in [0.4, 0.5) is 0 Å². The molecule has 0 spiro atoms. The minimum absolute atomic E-state index is 1.20. The Balaban J connectivity index is 2.61. The third kappa shape index (κ3) is 22.0. The molecule has 0 aromatic heterocycles. The molecule has 0 fully saturated rings. The molecule has 0 bridgehead atoms. The average Bonchev–Trinajstić information content (AvgIpc) is 2.97. The van der Waals surface area contributed by atoms with Crippen LogP contribution in [-0.4, -0.2) is 18.5 Å². The van der Waals surface area contributed by atoms with Gasteiger partial charge in [-0.1, -0.05) is 0 Å². The van der Waals surface area contributed by atoms with Gasteiger partial charge in [-0.3, -0.25) is 0 Å². The summed E-state index contributed by atoms with van der Waals surface area (Å²) < 4.78 is 0. The van der Waals surface area contributed by atoms with Gasteiger partial charge in [-0.15, -0.1) is 0 Å². The molecule has 0 aliphatic rings. The first-order valence-corrected chi connectivity index (χ1v) is 21.2. The van der Waals surface area contributed by atoms with Gasteiger partial charge in [0.1, 0.15) is 0 Å². The summed E-state index contributed by atoms with van der Waals surface area (Å²) in [5, 5.41) is 0. The van der Waals surface area contributed by atoms with Crippen LogP contribution in [0.15, 0.2) is 43.0 Å². The second-order valence-electron chi connectivity index (χ2n) is 13.3. The van der Waals surface area contributed by atoms with Gasteiger partial charge in [0.05, 0.1) is 0 Å². The molecule has 1 aromatic carbocycles. The summed E-state index contributed by atoms with van der Waals surface area (Å²) in [5.74, 6) is 0. The van der Waals surface area contributed by atoms with Crippen LogP contribution in [0, 0.1) is 0 Å². The van der Waals surface area contributed by atoms with Crippen molar-refractivity contribution in [3.63, 3.8) is 0 Å². The van der Waals surface area contributed by atoms with Crippen LogP contribution in [-0.2, 0) is 6.16 Å². The molecular weight excluding hydrogens is 499 g/mol. The maximum atomic E-state index is 3.86. The zero-order valence-electron chi connectivity index (χ0n) is 27.7. The van der Waals surface area contributed by atoms with Gasteiger partial charge in [-0.25, -0.2) is 0 Å². The predicted molar refractivity (Wildman–Crippen MR) is 190 cm³/mol. The van der Waals surface area contributed by atoms with Crippen LogP contribution >= 0.6 is 7.26 Å². The molecule has 1 rings (SSSR count). The first kappa shape index (κ1) is 37.4. The van der Waals surface area contributed by atoms with E-state index in [4.69, 9.17) is 0 Å². The summed E-state index contributed by atoms with van der Waals surface area (Å²) in [7, 11) is -1.30. The van der Waals surface area contributed by atoms with Gasteiger partial charge in [-0.05, 0) is 0 Å². The molecule has 0 amide bonds. The van der Waals surface area contributed by atoms with Crippen molar-refractivity contribution in [1.29, 1.82) is 0 Å². The van der Waals surface area contributed by atoms with E-state index >= 15 is 0 Å². The minimum atomic E-state index is -1.30. The fourth-order valence-electron chi connectivity index (χ4n) is 6.79. The molecule has 0 aliphatic carbocycles. The standard InChI is InChI=1S/C39H73P/c1-4-7-10-13-16-19-20-23-26-32-37-40(38-39-33-28-27-29-34-39,35-30-24-21-17-14-11-8-5-2)36-31-25-22-18-15-12-9-6-3/h4,27-29,33-34,40H,1,5-26,30-32,35-38H2,2-3H3. The Labute approximate surface area is 254 Å². The van der Waals surface area contributed by atoms with Gasteiger partial charge >= 0.3 is 255 Å². The summed E-state index contributed by atoms with van der Waals surface area (Å²) in [5.41, 5.74) is 1.65. The van der Waals surface area contributed by atoms with E-state index in [9.17, 15) is 0 Å². The third-order valence-corrected chi connectivity index (χ3v) is 14.8. The second kappa shape index (κ2) is 28.5. The van der Waals surface area contributed by atoms with Gasteiger partial charge in [0, 0.05) is 0 Å². The van der Waals surface area contributed by atoms with Crippen molar-refractivity contribution < 1.29 is 0 Å². The SMILES string of the molecule is C=CCCCCCCCCCC[PH](CCCCCCCCCC)(CCCCCCCCCC)Cc1ccccc1. The first-order chi connectivity index (χ1) is 19.8. The molecule has 0 atom stereocenters. The molecule has 40 heavy (non-hydrogen) atoms. The first-order valence-electron chi connectivity index (χ1n) is 18.4. The van der Waals surface area contributed by atoms with Crippen molar-refractivity contribution in [2.45, 2.75) is 181 Å². The fraction of sp³-hybridized carbons (Fsp3) is 0.795. The predicted octanol–water partition coefficient (Wildman–Crippen LogP) is 13.9. The van der Waals surface area contributed by atoms with Gasteiger partial charge in [0.15, 0.2) is 0 Å². The zero-order chi connectivity index (χ0) is 28.8. The Hall–Kier alpha value is -0.610. The Morgan fingerprint density at radius 3 is 1.20 bits per heavy atom. The molecular formula is C39H73P. The summed E-state index contributed by atoms with van der Waals surface area (Å²) in [4.78, 5) is 0. The van der Waals surface area contributed by atoms with Gasteiger partial charge in [-0.2, -0.15) is 0 Å². The molecule has 234 valence electrons. The molecule has 0 nitrogen and oxygen atoms in total. The molecule has 0 unspecified atom stereocenters. The molecule has 0 heterocycles. The maximum absolute atomic E-state index is 3.86. The quantitative estimate of drug-likeness (QED) is 0.0471. The van der Waals surface area contributed by atoms with Crippen LogP contribution < -0.4 is 0 Å². The van der Waals surface area contributed by atoms with Crippen LogP contribution in [0.5, 0.6) is 0 Å². The number of unbranched alkanes of at least 4 members (excludes halogenated alkanes) is 22. The summed E-state index contributed by atoms with van der Waals surface area (Å²) >= 11 is 0. The average molecular weight is 573 g/mol. The second-order valence-corrected chi connectivity index (χ2v) is 18.1. The van der Waals surface area contributed by atoms with E-state index in [1.54, 1.807) is 24.0 Å². The van der Waals surface area contributed by atoms with E-state index in [0.29, 0.717) is 0 Å². The van der Waals surface area contributed by atoms with E-state index in [0.717, 1.165) is 0 Å². The van der Waals surface area contributed by atoms with Crippen LogP contribution in [0.3, 0.4) is 0 Å². The van der Waals surface area contributed by atoms with Crippen molar-refractivity contribution >= 4 is 7.26 Å². The number of hydrogen-bond acceptors (Lipinski definition) is 0. The molecule has 0 saturated heterocycles. The van der Waals surface area contributed by atoms with E-state index in [1.807, 2.05) is 0 Å². The zero-order valence-corrected chi connectivity index (χ0v) is 28.7. The summed E-state index contributed by atoms with van der Waals surface area (Å²) in [6, 6.07) is 11.7. The van der Waals surface area contributed by atoms with Gasteiger partial charge in [0.25, 0.3) is 0 Å². The van der Waals surface area contributed by atoms with Crippen molar-refractivity contribution in [3.05, 3.63) is 48.6 Å². The Morgan fingerprint density at radius 2 is 0.825 bits per heavy atom. The normalized spacial score (nSPS) is 12.2. The van der Waals surface area contributed by atoms with Crippen LogP contribution in [0.1, 0.15) is 180 Å².